The molecule has 2 aliphatic heterocycles. The van der Waals surface area contributed by atoms with E-state index in [1.807, 2.05) is 61.5 Å². The van der Waals surface area contributed by atoms with Crippen molar-refractivity contribution in [2.45, 2.75) is 39.2 Å². The number of hydrogen-bond donors (Lipinski definition) is 1. The summed E-state index contributed by atoms with van der Waals surface area (Å²) in [5, 5.41) is 15.8. The first-order chi connectivity index (χ1) is 15.0. The van der Waals surface area contributed by atoms with E-state index in [9.17, 15) is 4.79 Å². The van der Waals surface area contributed by atoms with Gasteiger partial charge in [-0.25, -0.2) is 0 Å². The number of carbonyl (C=O) groups excluding carboxylic acids is 1. The van der Waals surface area contributed by atoms with Gasteiger partial charge in [0.25, 0.3) is 5.91 Å². The number of fused-ring (bicyclic) bond motifs is 1. The third-order valence-electron chi connectivity index (χ3n) is 5.01. The fourth-order valence-electron chi connectivity index (χ4n) is 3.27. The number of carbonyl (C=O) groups is 1. The normalized spacial score (nSPS) is 18.0. The Labute approximate surface area is 186 Å². The molecule has 0 saturated carbocycles. The maximum Gasteiger partial charge on any atom is 0.283 e. The summed E-state index contributed by atoms with van der Waals surface area (Å²) >= 11 is 1.38. The third-order valence-corrected chi connectivity index (χ3v) is 5.98. The highest BCUT2D eigenvalue weighted by atomic mass is 32.2. The smallest absolute Gasteiger partial charge is 0.283 e. The number of nitrogens with one attached hydrogen (secondary N) is 1. The summed E-state index contributed by atoms with van der Waals surface area (Å²) in [5.41, 5.74) is 2.13. The van der Waals surface area contributed by atoms with Crippen molar-refractivity contribution in [2.24, 2.45) is 10.1 Å². The number of nitrogens with zero attached hydrogens (tertiary/aromatic N) is 3. The number of aliphatic imine (C=N–C) groups is 1. The molecule has 1 N–H and O–H groups in total. The molecular weight excluding hydrogens is 408 g/mol. The van der Waals surface area contributed by atoms with Crippen LogP contribution in [0.3, 0.4) is 0 Å². The Morgan fingerprint density at radius 3 is 2.61 bits per heavy atom. The highest BCUT2D eigenvalue weighted by Crippen LogP contribution is 2.30. The van der Waals surface area contributed by atoms with Gasteiger partial charge in [0.1, 0.15) is 16.9 Å². The molecular formula is C24H24N4O2S. The molecule has 2 aromatic rings. The number of amidine groups is 2. The first-order valence-corrected chi connectivity index (χ1v) is 11.2. The van der Waals surface area contributed by atoms with Gasteiger partial charge >= 0.3 is 0 Å². The van der Waals surface area contributed by atoms with Gasteiger partial charge in [-0.1, -0.05) is 55.8 Å². The van der Waals surface area contributed by atoms with Crippen LogP contribution in [0.2, 0.25) is 0 Å². The summed E-state index contributed by atoms with van der Waals surface area (Å²) in [7, 11) is 0. The van der Waals surface area contributed by atoms with Crippen molar-refractivity contribution in [3.63, 3.8) is 0 Å². The largest absolute Gasteiger partial charge is 0.486 e. The number of rotatable bonds is 7. The summed E-state index contributed by atoms with van der Waals surface area (Å²) in [6.45, 7) is 4.13. The maximum atomic E-state index is 12.5. The van der Waals surface area contributed by atoms with E-state index in [1.165, 1.54) is 16.8 Å². The highest BCUT2D eigenvalue weighted by Gasteiger charge is 2.35. The van der Waals surface area contributed by atoms with Gasteiger partial charge in [0.15, 0.2) is 5.84 Å². The van der Waals surface area contributed by atoms with E-state index in [-0.39, 0.29) is 17.5 Å². The number of ether oxygens (including phenoxy) is 1. The SMILES string of the molecule is CCCCC1=NN2C(=N)/C(=C\c3ccc(O[C@H](C)c4ccccc4)cc3)C(=O)N=C2S1. The predicted octanol–water partition coefficient (Wildman–Crippen LogP) is 5.64. The third kappa shape index (κ3) is 4.77. The van der Waals surface area contributed by atoms with Crippen LogP contribution in [0.25, 0.3) is 6.08 Å². The molecule has 7 heteroatoms. The van der Waals surface area contributed by atoms with Crippen molar-refractivity contribution < 1.29 is 9.53 Å². The molecule has 0 radical (unpaired) electrons. The van der Waals surface area contributed by atoms with Gasteiger partial charge in [0.05, 0.1) is 5.57 Å². The van der Waals surface area contributed by atoms with E-state index in [4.69, 9.17) is 10.1 Å². The zero-order chi connectivity index (χ0) is 21.8. The maximum absolute atomic E-state index is 12.5. The van der Waals surface area contributed by atoms with Crippen LogP contribution >= 0.6 is 11.8 Å². The van der Waals surface area contributed by atoms with Crippen molar-refractivity contribution in [3.8, 4) is 5.75 Å². The number of amides is 1. The van der Waals surface area contributed by atoms with E-state index in [2.05, 4.69) is 17.0 Å². The second kappa shape index (κ2) is 9.31. The van der Waals surface area contributed by atoms with Crippen LogP contribution in [0.1, 0.15) is 50.3 Å². The summed E-state index contributed by atoms with van der Waals surface area (Å²) in [6.07, 6.45) is 4.53. The van der Waals surface area contributed by atoms with Gasteiger partial charge in [-0.15, -0.1) is 0 Å². The average Bonchev–Trinajstić information content (AvgIpc) is 3.20. The number of thioether (sulfide) groups is 1. The van der Waals surface area contributed by atoms with Gasteiger partial charge < -0.3 is 4.74 Å². The second-order valence-electron chi connectivity index (χ2n) is 7.36. The van der Waals surface area contributed by atoms with Gasteiger partial charge in [0.2, 0.25) is 5.17 Å². The Balaban J connectivity index is 1.48. The van der Waals surface area contributed by atoms with Gasteiger partial charge in [-0.2, -0.15) is 15.1 Å². The van der Waals surface area contributed by atoms with E-state index < -0.39 is 5.91 Å². The van der Waals surface area contributed by atoms with Crippen molar-refractivity contribution in [2.75, 3.05) is 0 Å². The van der Waals surface area contributed by atoms with Gasteiger partial charge in [-0.3, -0.25) is 10.2 Å². The first kappa shape index (κ1) is 21.1. The fraction of sp³-hybridized carbons (Fsp3) is 0.250. The molecule has 4 rings (SSSR count). The van der Waals surface area contributed by atoms with E-state index in [0.29, 0.717) is 5.17 Å². The van der Waals surface area contributed by atoms with Crippen LogP contribution in [0.15, 0.2) is 70.3 Å². The molecule has 0 fully saturated rings. The lowest BCUT2D eigenvalue weighted by atomic mass is 10.1. The molecule has 2 aliphatic rings. The van der Waals surface area contributed by atoms with Crippen LogP contribution in [-0.4, -0.2) is 27.0 Å². The van der Waals surface area contributed by atoms with Crippen LogP contribution in [0.5, 0.6) is 5.75 Å². The lowest BCUT2D eigenvalue weighted by Gasteiger charge is -2.20. The van der Waals surface area contributed by atoms with Crippen LogP contribution in [0.4, 0.5) is 0 Å². The highest BCUT2D eigenvalue weighted by molar-refractivity contribution is 8.26. The standard InChI is InChI=1S/C24H24N4O2S/c1-3-4-10-21-27-28-22(25)20(23(29)26-24(28)31-21)15-17-11-13-19(14-12-17)30-16(2)18-8-6-5-7-9-18/h5-9,11-16,25H,3-4,10H2,1-2H3/b20-15+,25-22?/t16-/m1/s1. The minimum Gasteiger partial charge on any atom is -0.486 e. The quantitative estimate of drug-likeness (QED) is 0.575. The van der Waals surface area contributed by atoms with E-state index in [0.717, 1.165) is 41.2 Å². The Morgan fingerprint density at radius 1 is 1.16 bits per heavy atom. The first-order valence-electron chi connectivity index (χ1n) is 10.4. The molecule has 1 amide bonds. The Hall–Kier alpha value is -3.19. The Kier molecular flexibility index (Phi) is 6.32. The number of unbranched alkanes of at least 4 members (excludes halogenated alkanes) is 1. The lowest BCUT2D eigenvalue weighted by Crippen LogP contribution is -2.35. The van der Waals surface area contributed by atoms with Crippen LogP contribution in [0, 0.1) is 5.41 Å². The summed E-state index contributed by atoms with van der Waals surface area (Å²) in [5.74, 6) is 0.394. The Bertz CT molecular complexity index is 1070. The Morgan fingerprint density at radius 2 is 1.90 bits per heavy atom. The van der Waals surface area contributed by atoms with Crippen molar-refractivity contribution in [1.29, 1.82) is 5.41 Å². The van der Waals surface area contributed by atoms with E-state index >= 15 is 0 Å². The molecule has 0 saturated heterocycles. The summed E-state index contributed by atoms with van der Waals surface area (Å²) in [4.78, 5) is 16.7. The molecule has 31 heavy (non-hydrogen) atoms. The summed E-state index contributed by atoms with van der Waals surface area (Å²) < 4.78 is 6.01. The minimum atomic E-state index is -0.409. The van der Waals surface area contributed by atoms with Crippen molar-refractivity contribution in [3.05, 3.63) is 71.3 Å². The van der Waals surface area contributed by atoms with Crippen LogP contribution < -0.4 is 4.74 Å². The molecule has 6 nitrogen and oxygen atoms in total. The molecule has 2 heterocycles. The average molecular weight is 433 g/mol. The molecule has 0 bridgehead atoms. The predicted molar refractivity (Wildman–Crippen MR) is 126 cm³/mol. The minimum absolute atomic E-state index is 0.0621. The second-order valence-corrected chi connectivity index (χ2v) is 8.40. The zero-order valence-corrected chi connectivity index (χ0v) is 18.4. The lowest BCUT2D eigenvalue weighted by molar-refractivity contribution is -0.114. The number of benzene rings is 2. The molecule has 158 valence electrons. The fourth-order valence-corrected chi connectivity index (χ4v) is 4.19. The van der Waals surface area contributed by atoms with Crippen molar-refractivity contribution >= 4 is 39.8 Å². The number of hydrazone groups is 1. The van der Waals surface area contributed by atoms with Gasteiger partial charge in [0, 0.05) is 0 Å². The monoisotopic (exact) mass is 432 g/mol. The van der Waals surface area contributed by atoms with E-state index in [1.54, 1.807) is 6.08 Å². The molecule has 0 spiro atoms. The molecule has 0 aliphatic carbocycles. The zero-order valence-electron chi connectivity index (χ0n) is 17.5. The molecule has 0 aromatic heterocycles. The molecule has 0 unspecified atom stereocenters. The molecule has 2 aromatic carbocycles. The topological polar surface area (TPSA) is 78.1 Å². The van der Waals surface area contributed by atoms with Crippen molar-refractivity contribution in [1.82, 2.24) is 5.01 Å². The summed E-state index contributed by atoms with van der Waals surface area (Å²) in [6, 6.07) is 17.5. The number of hydrogen-bond acceptors (Lipinski definition) is 5. The van der Waals surface area contributed by atoms with Crippen LogP contribution in [-0.2, 0) is 4.79 Å². The molecule has 1 atom stereocenters. The van der Waals surface area contributed by atoms with Gasteiger partial charge in [-0.05, 0) is 60.9 Å².